The van der Waals surface area contributed by atoms with Crippen LogP contribution in [0.1, 0.15) is 23.6 Å². The first-order valence-corrected chi connectivity index (χ1v) is 10.2. The zero-order valence-electron chi connectivity index (χ0n) is 17.1. The minimum absolute atomic E-state index is 0.533. The molecule has 152 valence electrons. The predicted molar refractivity (Wildman–Crippen MR) is 112 cm³/mol. The van der Waals surface area contributed by atoms with E-state index in [2.05, 4.69) is 47.5 Å². The molecule has 2 aromatic rings. The standard InChI is InChI=1S/C23H32N2O3/c1-3-27-22-6-4-5-21(17-24-11-12-25-13-15-26-16-14-25)23(22)28-18-20-9-7-19(2)8-10-20/h4-10,24H,3,11-18H2,1-2H3. The summed E-state index contributed by atoms with van der Waals surface area (Å²) in [6, 6.07) is 14.6. The Bertz CT molecular complexity index is 712. The molecule has 5 heteroatoms. The van der Waals surface area contributed by atoms with Gasteiger partial charge in [-0.05, 0) is 25.5 Å². The Labute approximate surface area is 168 Å². The molecule has 1 heterocycles. The highest BCUT2D eigenvalue weighted by atomic mass is 16.5. The van der Waals surface area contributed by atoms with Gasteiger partial charge in [0.05, 0.1) is 19.8 Å². The summed E-state index contributed by atoms with van der Waals surface area (Å²) in [5.74, 6) is 1.64. The summed E-state index contributed by atoms with van der Waals surface area (Å²) < 4.78 is 17.4. The molecular formula is C23H32N2O3. The molecule has 1 N–H and O–H groups in total. The first kappa shape index (κ1) is 20.6. The average molecular weight is 385 g/mol. The quantitative estimate of drug-likeness (QED) is 0.636. The largest absolute Gasteiger partial charge is 0.490 e. The van der Waals surface area contributed by atoms with Gasteiger partial charge < -0.3 is 19.5 Å². The highest BCUT2D eigenvalue weighted by molar-refractivity contribution is 5.46. The van der Waals surface area contributed by atoms with Crippen LogP contribution in [0.5, 0.6) is 11.5 Å². The van der Waals surface area contributed by atoms with Crippen molar-refractivity contribution >= 4 is 0 Å². The van der Waals surface area contributed by atoms with E-state index >= 15 is 0 Å². The van der Waals surface area contributed by atoms with Gasteiger partial charge in [0.25, 0.3) is 0 Å². The van der Waals surface area contributed by atoms with Crippen molar-refractivity contribution in [1.29, 1.82) is 0 Å². The number of rotatable bonds is 10. The smallest absolute Gasteiger partial charge is 0.166 e. The van der Waals surface area contributed by atoms with Crippen LogP contribution >= 0.6 is 0 Å². The van der Waals surface area contributed by atoms with Crippen molar-refractivity contribution in [3.05, 3.63) is 59.2 Å². The fraction of sp³-hybridized carbons (Fsp3) is 0.478. The van der Waals surface area contributed by atoms with Gasteiger partial charge in [0.1, 0.15) is 6.61 Å². The predicted octanol–water partition coefficient (Wildman–Crippen LogP) is 3.39. The van der Waals surface area contributed by atoms with Gasteiger partial charge in [-0.1, -0.05) is 42.0 Å². The molecule has 5 nitrogen and oxygen atoms in total. The Balaban J connectivity index is 1.58. The number of aryl methyl sites for hydroxylation is 1. The molecule has 3 rings (SSSR count). The van der Waals surface area contributed by atoms with Crippen LogP contribution in [0.2, 0.25) is 0 Å². The number of hydrogen-bond acceptors (Lipinski definition) is 5. The van der Waals surface area contributed by atoms with E-state index in [1.807, 2.05) is 19.1 Å². The van der Waals surface area contributed by atoms with Gasteiger partial charge in [-0.25, -0.2) is 0 Å². The molecular weight excluding hydrogens is 352 g/mol. The van der Waals surface area contributed by atoms with Gasteiger partial charge in [-0.3, -0.25) is 4.90 Å². The monoisotopic (exact) mass is 384 g/mol. The van der Waals surface area contributed by atoms with Gasteiger partial charge in [-0.15, -0.1) is 0 Å². The molecule has 0 aliphatic carbocycles. The Morgan fingerprint density at radius 3 is 2.57 bits per heavy atom. The zero-order valence-corrected chi connectivity index (χ0v) is 17.1. The highest BCUT2D eigenvalue weighted by Gasteiger charge is 2.13. The lowest BCUT2D eigenvalue weighted by molar-refractivity contribution is 0.0384. The lowest BCUT2D eigenvalue weighted by Crippen LogP contribution is -2.40. The maximum Gasteiger partial charge on any atom is 0.166 e. The van der Waals surface area contributed by atoms with Gasteiger partial charge in [0, 0.05) is 38.3 Å². The topological polar surface area (TPSA) is 43.0 Å². The average Bonchev–Trinajstić information content (AvgIpc) is 2.73. The summed E-state index contributed by atoms with van der Waals surface area (Å²) in [5, 5.41) is 3.55. The molecule has 0 saturated carbocycles. The molecule has 0 atom stereocenters. The first-order chi connectivity index (χ1) is 13.8. The third kappa shape index (κ3) is 6.23. The van der Waals surface area contributed by atoms with Crippen molar-refractivity contribution < 1.29 is 14.2 Å². The van der Waals surface area contributed by atoms with Crippen molar-refractivity contribution in [3.8, 4) is 11.5 Å². The number of nitrogens with zero attached hydrogens (tertiary/aromatic N) is 1. The molecule has 0 bridgehead atoms. The third-order valence-electron chi connectivity index (χ3n) is 4.89. The Kier molecular flexibility index (Phi) is 8.15. The van der Waals surface area contributed by atoms with Crippen LogP contribution in [0.4, 0.5) is 0 Å². The second kappa shape index (κ2) is 11.1. The first-order valence-electron chi connectivity index (χ1n) is 10.2. The number of nitrogens with one attached hydrogen (secondary N) is 1. The second-order valence-electron chi connectivity index (χ2n) is 7.08. The SMILES string of the molecule is CCOc1cccc(CNCCN2CCOCC2)c1OCc1ccc(C)cc1. The molecule has 2 aromatic carbocycles. The van der Waals surface area contributed by atoms with E-state index < -0.39 is 0 Å². The van der Waals surface area contributed by atoms with E-state index in [1.54, 1.807) is 0 Å². The molecule has 0 aromatic heterocycles. The van der Waals surface area contributed by atoms with Crippen molar-refractivity contribution in [2.24, 2.45) is 0 Å². The Hall–Kier alpha value is -2.08. The normalized spacial score (nSPS) is 14.8. The minimum atomic E-state index is 0.533. The lowest BCUT2D eigenvalue weighted by atomic mass is 10.1. The molecule has 1 saturated heterocycles. The molecule has 0 spiro atoms. The van der Waals surface area contributed by atoms with Gasteiger partial charge in [0.15, 0.2) is 11.5 Å². The molecule has 1 aliphatic rings. The van der Waals surface area contributed by atoms with Crippen LogP contribution in [0.15, 0.2) is 42.5 Å². The number of hydrogen-bond donors (Lipinski definition) is 1. The van der Waals surface area contributed by atoms with E-state index in [0.29, 0.717) is 13.2 Å². The third-order valence-corrected chi connectivity index (χ3v) is 4.89. The van der Waals surface area contributed by atoms with Gasteiger partial charge >= 0.3 is 0 Å². The molecule has 0 radical (unpaired) electrons. The number of para-hydroxylation sites is 1. The summed E-state index contributed by atoms with van der Waals surface area (Å²) in [5.41, 5.74) is 3.53. The molecule has 1 fully saturated rings. The molecule has 0 unspecified atom stereocenters. The number of morpholine rings is 1. The molecule has 1 aliphatic heterocycles. The van der Waals surface area contributed by atoms with E-state index in [0.717, 1.165) is 68.6 Å². The van der Waals surface area contributed by atoms with Gasteiger partial charge in [-0.2, -0.15) is 0 Å². The van der Waals surface area contributed by atoms with E-state index in [9.17, 15) is 0 Å². The summed E-state index contributed by atoms with van der Waals surface area (Å²) in [7, 11) is 0. The van der Waals surface area contributed by atoms with Crippen molar-refractivity contribution in [3.63, 3.8) is 0 Å². The van der Waals surface area contributed by atoms with E-state index in [1.165, 1.54) is 5.56 Å². The minimum Gasteiger partial charge on any atom is -0.490 e. The van der Waals surface area contributed by atoms with Crippen LogP contribution < -0.4 is 14.8 Å². The fourth-order valence-corrected chi connectivity index (χ4v) is 3.26. The van der Waals surface area contributed by atoms with Gasteiger partial charge in [0.2, 0.25) is 0 Å². The molecule has 0 amide bonds. The van der Waals surface area contributed by atoms with Crippen molar-refractivity contribution in [2.75, 3.05) is 46.0 Å². The zero-order chi connectivity index (χ0) is 19.6. The second-order valence-corrected chi connectivity index (χ2v) is 7.08. The van der Waals surface area contributed by atoms with E-state index in [-0.39, 0.29) is 0 Å². The Morgan fingerprint density at radius 2 is 1.82 bits per heavy atom. The maximum absolute atomic E-state index is 6.20. The maximum atomic E-state index is 6.20. The van der Waals surface area contributed by atoms with Crippen LogP contribution in [0, 0.1) is 6.92 Å². The fourth-order valence-electron chi connectivity index (χ4n) is 3.26. The summed E-state index contributed by atoms with van der Waals surface area (Å²) in [4.78, 5) is 2.43. The number of benzene rings is 2. The molecule has 28 heavy (non-hydrogen) atoms. The van der Waals surface area contributed by atoms with Crippen LogP contribution in [0.3, 0.4) is 0 Å². The van der Waals surface area contributed by atoms with Crippen molar-refractivity contribution in [1.82, 2.24) is 10.2 Å². The van der Waals surface area contributed by atoms with Crippen LogP contribution in [-0.2, 0) is 17.9 Å². The summed E-state index contributed by atoms with van der Waals surface area (Å²) in [6.07, 6.45) is 0. The number of ether oxygens (including phenoxy) is 3. The van der Waals surface area contributed by atoms with E-state index in [4.69, 9.17) is 14.2 Å². The Morgan fingerprint density at radius 1 is 1.04 bits per heavy atom. The summed E-state index contributed by atoms with van der Waals surface area (Å²) >= 11 is 0. The van der Waals surface area contributed by atoms with Crippen LogP contribution in [0.25, 0.3) is 0 Å². The summed E-state index contributed by atoms with van der Waals surface area (Å²) in [6.45, 7) is 11.7. The lowest BCUT2D eigenvalue weighted by Gasteiger charge is -2.26. The van der Waals surface area contributed by atoms with Crippen LogP contribution in [-0.4, -0.2) is 50.9 Å². The highest BCUT2D eigenvalue weighted by Crippen LogP contribution is 2.32. The van der Waals surface area contributed by atoms with Crippen molar-refractivity contribution in [2.45, 2.75) is 27.0 Å².